The number of aromatic nitrogens is 1. The van der Waals surface area contributed by atoms with Crippen molar-refractivity contribution in [2.45, 2.75) is 39.7 Å². The molecule has 1 aliphatic heterocycles. The first-order valence-corrected chi connectivity index (χ1v) is 13.5. The molecular weight excluding hydrogens is 488 g/mol. The smallest absolute Gasteiger partial charge is 0.280 e. The Labute approximate surface area is 198 Å². The maximum atomic E-state index is 13.0. The van der Waals surface area contributed by atoms with Crippen LogP contribution in [0.4, 0.5) is 5.13 Å². The summed E-state index contributed by atoms with van der Waals surface area (Å²) in [6, 6.07) is 6.04. The lowest BCUT2D eigenvalue weighted by atomic mass is 10.1. The summed E-state index contributed by atoms with van der Waals surface area (Å²) in [5.74, 6) is -0.906. The zero-order chi connectivity index (χ0) is 23.4. The molecule has 1 aromatic heterocycles. The predicted molar refractivity (Wildman–Crippen MR) is 124 cm³/mol. The molecule has 0 unspecified atom stereocenters. The van der Waals surface area contributed by atoms with Crippen LogP contribution in [-0.2, 0) is 29.0 Å². The number of hydrogen-bond acceptors (Lipinski definition) is 10. The third-order valence-corrected chi connectivity index (χ3v) is 9.29. The largest absolute Gasteiger partial charge is 0.389 e. The molecule has 1 aliphatic carbocycles. The number of amides is 2. The van der Waals surface area contributed by atoms with E-state index in [-0.39, 0.29) is 27.7 Å². The molecule has 2 aliphatic rings. The van der Waals surface area contributed by atoms with Crippen LogP contribution in [0.2, 0.25) is 0 Å². The summed E-state index contributed by atoms with van der Waals surface area (Å²) in [7, 11) is -3.34. The summed E-state index contributed by atoms with van der Waals surface area (Å²) in [4.78, 5) is 33.8. The molecule has 2 amide bonds. The number of ether oxygens (including phenoxy) is 1. The zero-order valence-electron chi connectivity index (χ0n) is 17.4. The second-order valence-corrected chi connectivity index (χ2v) is 12.0. The highest BCUT2D eigenvalue weighted by molar-refractivity contribution is 8.01. The van der Waals surface area contributed by atoms with E-state index in [1.165, 1.54) is 53.6 Å². The van der Waals surface area contributed by atoms with Crippen molar-refractivity contribution in [3.05, 3.63) is 36.0 Å². The molecule has 1 saturated carbocycles. The molecule has 33 heavy (non-hydrogen) atoms. The van der Waals surface area contributed by atoms with Crippen LogP contribution >= 0.6 is 23.1 Å². The first-order valence-electron chi connectivity index (χ1n) is 10.2. The number of rotatable bonds is 10. The lowest BCUT2D eigenvalue weighted by Crippen LogP contribution is -2.25. The third kappa shape index (κ3) is 6.10. The van der Waals surface area contributed by atoms with Crippen LogP contribution in [0.5, 0.6) is 0 Å². The van der Waals surface area contributed by atoms with Crippen LogP contribution in [0.1, 0.15) is 24.8 Å². The van der Waals surface area contributed by atoms with Gasteiger partial charge >= 0.3 is 0 Å². The second-order valence-electron chi connectivity index (χ2n) is 7.49. The van der Waals surface area contributed by atoms with Gasteiger partial charge in [-0.1, -0.05) is 28.6 Å². The summed E-state index contributed by atoms with van der Waals surface area (Å²) in [5, 5.41) is 6.73. The fraction of sp³-hybridized carbons (Fsp3) is 0.400. The van der Waals surface area contributed by atoms with Gasteiger partial charge in [0, 0.05) is 12.0 Å². The summed E-state index contributed by atoms with van der Waals surface area (Å²) < 4.78 is 30.9. The minimum atomic E-state index is -3.34. The van der Waals surface area contributed by atoms with E-state index in [1.807, 2.05) is 0 Å². The maximum Gasteiger partial charge on any atom is 0.280 e. The summed E-state index contributed by atoms with van der Waals surface area (Å²) >= 11 is 2.42. The van der Waals surface area contributed by atoms with Gasteiger partial charge in [0.15, 0.2) is 26.8 Å². The van der Waals surface area contributed by atoms with Gasteiger partial charge < -0.3 is 15.3 Å². The minimum absolute atomic E-state index is 0.0150. The van der Waals surface area contributed by atoms with Gasteiger partial charge in [-0.25, -0.2) is 13.4 Å². The van der Waals surface area contributed by atoms with Crippen molar-refractivity contribution in [3.63, 3.8) is 0 Å². The fourth-order valence-electron chi connectivity index (χ4n) is 3.00. The number of nitrogens with two attached hydrogens (primary N) is 1. The Bertz CT molecular complexity index is 1150. The number of benzene rings is 1. The van der Waals surface area contributed by atoms with Gasteiger partial charge in [0.2, 0.25) is 5.91 Å². The molecule has 1 aromatic carbocycles. The Kier molecular flexibility index (Phi) is 7.32. The molecule has 10 nitrogen and oxygen atoms in total. The van der Waals surface area contributed by atoms with Gasteiger partial charge in [-0.05, 0) is 25.0 Å². The lowest BCUT2D eigenvalue weighted by molar-refractivity contribution is -0.115. The SMILES string of the molecule is NC(=O)CSc1cnc(NC(=O)/C(=N/O[C@@H]2CCOC2)c2ccc(S(=O)(=O)C3CC3)cc2)s1. The van der Waals surface area contributed by atoms with Gasteiger partial charge in [-0.15, -0.1) is 11.8 Å². The van der Waals surface area contributed by atoms with Crippen LogP contribution in [0, 0.1) is 0 Å². The molecule has 2 fully saturated rings. The molecule has 13 heteroatoms. The quantitative estimate of drug-likeness (QED) is 0.279. The molecule has 4 rings (SSSR count). The van der Waals surface area contributed by atoms with Crippen molar-refractivity contribution in [2.75, 3.05) is 24.3 Å². The molecule has 1 atom stereocenters. The number of sulfone groups is 1. The topological polar surface area (TPSA) is 150 Å². The number of hydrogen-bond donors (Lipinski definition) is 2. The highest BCUT2D eigenvalue weighted by atomic mass is 32.2. The number of oxime groups is 1. The summed E-state index contributed by atoms with van der Waals surface area (Å²) in [5.41, 5.74) is 5.54. The Balaban J connectivity index is 1.52. The summed E-state index contributed by atoms with van der Waals surface area (Å²) in [6.45, 7) is 0.935. The van der Waals surface area contributed by atoms with E-state index in [4.69, 9.17) is 15.3 Å². The van der Waals surface area contributed by atoms with E-state index >= 15 is 0 Å². The summed E-state index contributed by atoms with van der Waals surface area (Å²) in [6.07, 6.45) is 3.27. The van der Waals surface area contributed by atoms with E-state index < -0.39 is 21.7 Å². The van der Waals surface area contributed by atoms with E-state index in [9.17, 15) is 18.0 Å². The van der Waals surface area contributed by atoms with Gasteiger partial charge in [-0.3, -0.25) is 14.9 Å². The predicted octanol–water partition coefficient (Wildman–Crippen LogP) is 1.80. The monoisotopic (exact) mass is 510 g/mol. The minimum Gasteiger partial charge on any atom is -0.389 e. The van der Waals surface area contributed by atoms with Crippen molar-refractivity contribution in [1.29, 1.82) is 0 Å². The molecule has 2 heterocycles. The third-order valence-electron chi connectivity index (χ3n) is 4.88. The Morgan fingerprint density at radius 3 is 2.67 bits per heavy atom. The Morgan fingerprint density at radius 2 is 2.03 bits per heavy atom. The number of carbonyl (C=O) groups is 2. The first-order chi connectivity index (χ1) is 15.8. The standard InChI is InChI=1S/C20H22N4O6S3/c21-16(25)11-31-17-9-22-20(32-17)23-19(26)18(24-30-13-7-8-29-10-13)12-1-3-14(4-2-12)33(27,28)15-5-6-15/h1-4,9,13,15H,5-8,10-11H2,(H2,21,25)(H,22,23,26)/b24-18+/t13-/m1/s1. The van der Waals surface area contributed by atoms with Crippen LogP contribution in [-0.4, -0.2) is 61.2 Å². The van der Waals surface area contributed by atoms with Crippen LogP contribution in [0.15, 0.2) is 44.7 Å². The molecule has 1 saturated heterocycles. The number of thiazole rings is 1. The van der Waals surface area contributed by atoms with E-state index in [1.54, 1.807) is 0 Å². The molecule has 2 aromatic rings. The lowest BCUT2D eigenvalue weighted by Gasteiger charge is -2.10. The molecule has 3 N–H and O–H groups in total. The zero-order valence-corrected chi connectivity index (χ0v) is 19.9. The molecule has 0 spiro atoms. The fourth-order valence-corrected chi connectivity index (χ4v) is 6.27. The van der Waals surface area contributed by atoms with E-state index in [2.05, 4.69) is 15.5 Å². The molecular formula is C20H22N4O6S3. The average Bonchev–Trinajstić information content (AvgIpc) is 3.36. The van der Waals surface area contributed by atoms with Crippen molar-refractivity contribution in [2.24, 2.45) is 10.9 Å². The number of primary amides is 1. The van der Waals surface area contributed by atoms with E-state index in [0.29, 0.717) is 43.2 Å². The van der Waals surface area contributed by atoms with Crippen molar-refractivity contribution >= 4 is 55.6 Å². The van der Waals surface area contributed by atoms with Crippen molar-refractivity contribution in [1.82, 2.24) is 4.98 Å². The average molecular weight is 511 g/mol. The number of nitrogens with zero attached hydrogens (tertiary/aromatic N) is 2. The highest BCUT2D eigenvalue weighted by Gasteiger charge is 2.36. The Hall–Kier alpha value is -2.48. The number of carbonyl (C=O) groups excluding carboxylic acids is 2. The molecule has 0 bridgehead atoms. The molecule has 176 valence electrons. The van der Waals surface area contributed by atoms with Gasteiger partial charge in [0.25, 0.3) is 5.91 Å². The second kappa shape index (κ2) is 10.2. The highest BCUT2D eigenvalue weighted by Crippen LogP contribution is 2.33. The number of anilines is 1. The van der Waals surface area contributed by atoms with Gasteiger partial charge in [-0.2, -0.15) is 0 Å². The van der Waals surface area contributed by atoms with Crippen molar-refractivity contribution in [3.8, 4) is 0 Å². The van der Waals surface area contributed by atoms with E-state index in [0.717, 1.165) is 4.21 Å². The van der Waals surface area contributed by atoms with Crippen LogP contribution in [0.25, 0.3) is 0 Å². The van der Waals surface area contributed by atoms with Gasteiger partial charge in [0.1, 0.15) is 0 Å². The number of thioether (sulfide) groups is 1. The van der Waals surface area contributed by atoms with Crippen LogP contribution in [0.3, 0.4) is 0 Å². The number of nitrogens with one attached hydrogen (secondary N) is 1. The van der Waals surface area contributed by atoms with Crippen LogP contribution < -0.4 is 11.1 Å². The maximum absolute atomic E-state index is 13.0. The molecule has 0 radical (unpaired) electrons. The van der Waals surface area contributed by atoms with Crippen molar-refractivity contribution < 1.29 is 27.6 Å². The first kappa shape index (κ1) is 23.7. The van der Waals surface area contributed by atoms with Gasteiger partial charge in [0.05, 0.1) is 39.5 Å². The normalized spacial score (nSPS) is 18.8. The Morgan fingerprint density at radius 1 is 1.27 bits per heavy atom.